The molecule has 0 aromatic rings. The molecule has 6 nitrogen and oxygen atoms in total. The fourth-order valence-corrected chi connectivity index (χ4v) is 6.67. The van der Waals surface area contributed by atoms with Crippen molar-refractivity contribution in [2.45, 2.75) is 247 Å². The number of hydrogen-bond acceptors (Lipinski definition) is 6. The summed E-state index contributed by atoms with van der Waals surface area (Å²) in [6.45, 7) is 13.6. The summed E-state index contributed by atoms with van der Waals surface area (Å²) in [7, 11) is 0. The van der Waals surface area contributed by atoms with Gasteiger partial charge in [0.1, 0.15) is 13.2 Å². The SMILES string of the molecule is CCC(C)CCCCCCCCCCCCC(=O)O[C@H](COC(=O)CCCCCCCCCCC(C)C)COC(=O)CCCCCCCCC(C)C. The third-order valence-electron chi connectivity index (χ3n) is 10.5. The maximum Gasteiger partial charge on any atom is 0.306 e. The summed E-state index contributed by atoms with van der Waals surface area (Å²) < 4.78 is 16.7. The molecule has 0 bridgehead atoms. The van der Waals surface area contributed by atoms with Gasteiger partial charge in [-0.25, -0.2) is 0 Å². The highest BCUT2D eigenvalue weighted by atomic mass is 16.6. The van der Waals surface area contributed by atoms with Crippen LogP contribution in [0.2, 0.25) is 0 Å². The van der Waals surface area contributed by atoms with Crippen molar-refractivity contribution in [1.29, 1.82) is 0 Å². The Morgan fingerprint density at radius 1 is 0.385 bits per heavy atom. The molecule has 52 heavy (non-hydrogen) atoms. The summed E-state index contributed by atoms with van der Waals surface area (Å²) in [5.41, 5.74) is 0. The van der Waals surface area contributed by atoms with E-state index in [1.165, 1.54) is 122 Å². The highest BCUT2D eigenvalue weighted by molar-refractivity contribution is 5.71. The molecule has 0 aliphatic rings. The molecule has 0 heterocycles. The lowest BCUT2D eigenvalue weighted by molar-refractivity contribution is -0.167. The molecule has 0 aliphatic heterocycles. The van der Waals surface area contributed by atoms with Crippen LogP contribution in [0.4, 0.5) is 0 Å². The maximum atomic E-state index is 12.7. The van der Waals surface area contributed by atoms with E-state index in [1.54, 1.807) is 0 Å². The molecular weight excluding hydrogens is 648 g/mol. The molecule has 0 aromatic heterocycles. The minimum Gasteiger partial charge on any atom is -0.462 e. The maximum absolute atomic E-state index is 12.7. The van der Waals surface area contributed by atoms with Crippen molar-refractivity contribution >= 4 is 17.9 Å². The molecule has 0 saturated carbocycles. The first-order valence-electron chi connectivity index (χ1n) is 22.6. The summed E-state index contributed by atoms with van der Waals surface area (Å²) in [6.07, 6.45) is 33.8. The van der Waals surface area contributed by atoms with E-state index in [9.17, 15) is 14.4 Å². The number of carbonyl (C=O) groups excluding carboxylic acids is 3. The van der Waals surface area contributed by atoms with Gasteiger partial charge in [0, 0.05) is 19.3 Å². The zero-order chi connectivity index (χ0) is 38.5. The Morgan fingerprint density at radius 2 is 0.673 bits per heavy atom. The number of carbonyl (C=O) groups is 3. The lowest BCUT2D eigenvalue weighted by atomic mass is 9.99. The largest absolute Gasteiger partial charge is 0.462 e. The van der Waals surface area contributed by atoms with Gasteiger partial charge in [-0.05, 0) is 37.0 Å². The number of ether oxygens (including phenoxy) is 3. The first-order chi connectivity index (χ1) is 25.1. The summed E-state index contributed by atoms with van der Waals surface area (Å²) in [5.74, 6) is 1.56. The average molecular weight is 737 g/mol. The molecule has 0 N–H and O–H groups in total. The molecule has 0 amide bonds. The predicted octanol–water partition coefficient (Wildman–Crippen LogP) is 14.0. The number of hydrogen-bond donors (Lipinski definition) is 0. The molecule has 2 atom stereocenters. The van der Waals surface area contributed by atoms with Crippen LogP contribution in [0.1, 0.15) is 241 Å². The van der Waals surface area contributed by atoms with Gasteiger partial charge in [0.2, 0.25) is 0 Å². The van der Waals surface area contributed by atoms with Crippen LogP contribution < -0.4 is 0 Å². The van der Waals surface area contributed by atoms with Crippen LogP contribution in [-0.2, 0) is 28.6 Å². The summed E-state index contributed by atoms with van der Waals surface area (Å²) >= 11 is 0. The predicted molar refractivity (Wildman–Crippen MR) is 219 cm³/mol. The van der Waals surface area contributed by atoms with Gasteiger partial charge in [0.15, 0.2) is 6.10 Å². The van der Waals surface area contributed by atoms with Gasteiger partial charge >= 0.3 is 17.9 Å². The Balaban J connectivity index is 4.34. The number of esters is 3. The van der Waals surface area contributed by atoms with Crippen LogP contribution in [0.25, 0.3) is 0 Å². The number of rotatable bonds is 39. The van der Waals surface area contributed by atoms with E-state index in [2.05, 4.69) is 41.5 Å². The molecule has 0 saturated heterocycles. The van der Waals surface area contributed by atoms with Gasteiger partial charge in [0.05, 0.1) is 0 Å². The molecule has 0 spiro atoms. The van der Waals surface area contributed by atoms with Crippen LogP contribution in [-0.4, -0.2) is 37.2 Å². The molecule has 6 heteroatoms. The van der Waals surface area contributed by atoms with Gasteiger partial charge in [0.25, 0.3) is 0 Å². The first kappa shape index (κ1) is 50.4. The second-order valence-corrected chi connectivity index (χ2v) is 16.9. The smallest absolute Gasteiger partial charge is 0.306 e. The number of unbranched alkanes of at least 4 members (excludes halogenated alkanes) is 21. The van der Waals surface area contributed by atoms with Crippen molar-refractivity contribution in [1.82, 2.24) is 0 Å². The average Bonchev–Trinajstić information content (AvgIpc) is 3.11. The molecule has 0 rings (SSSR count). The van der Waals surface area contributed by atoms with E-state index >= 15 is 0 Å². The third-order valence-corrected chi connectivity index (χ3v) is 10.5. The normalized spacial score (nSPS) is 12.7. The standard InChI is InChI=1S/C46H88O6/c1-7-42(6)34-28-22-15-10-8-9-11-17-25-31-37-46(49)52-43(39-51-45(48)36-30-24-19-18-21-27-33-41(4)5)38-50-44(47)35-29-23-16-13-12-14-20-26-32-40(2)3/h40-43H,7-39H2,1-6H3/t42?,43-/m1/s1. The zero-order valence-corrected chi connectivity index (χ0v) is 35.6. The minimum absolute atomic E-state index is 0.0672. The minimum atomic E-state index is -0.762. The summed E-state index contributed by atoms with van der Waals surface area (Å²) in [5, 5.41) is 0. The second-order valence-electron chi connectivity index (χ2n) is 16.9. The molecule has 308 valence electrons. The Labute approximate surface area is 323 Å². The fourth-order valence-electron chi connectivity index (χ4n) is 6.67. The molecule has 0 radical (unpaired) electrons. The van der Waals surface area contributed by atoms with Crippen molar-refractivity contribution in [3.8, 4) is 0 Å². The topological polar surface area (TPSA) is 78.9 Å². The monoisotopic (exact) mass is 737 g/mol. The van der Waals surface area contributed by atoms with Crippen LogP contribution in [0, 0.1) is 17.8 Å². The first-order valence-corrected chi connectivity index (χ1v) is 22.6. The van der Waals surface area contributed by atoms with Gasteiger partial charge in [-0.1, -0.05) is 202 Å². The van der Waals surface area contributed by atoms with Gasteiger partial charge in [-0.15, -0.1) is 0 Å². The Bertz CT molecular complexity index is 809. The Hall–Kier alpha value is -1.59. The van der Waals surface area contributed by atoms with Crippen molar-refractivity contribution in [2.24, 2.45) is 17.8 Å². The molecular formula is C46H88O6. The Kier molecular flexibility index (Phi) is 36.6. The molecule has 1 unspecified atom stereocenters. The van der Waals surface area contributed by atoms with E-state index in [1.807, 2.05) is 0 Å². The quantitative estimate of drug-likeness (QED) is 0.0355. The summed E-state index contributed by atoms with van der Waals surface area (Å²) in [4.78, 5) is 37.6. The van der Waals surface area contributed by atoms with E-state index in [-0.39, 0.29) is 31.1 Å². The highest BCUT2D eigenvalue weighted by Gasteiger charge is 2.19. The van der Waals surface area contributed by atoms with Crippen molar-refractivity contribution < 1.29 is 28.6 Å². The molecule has 0 aromatic carbocycles. The van der Waals surface area contributed by atoms with Crippen molar-refractivity contribution in [2.75, 3.05) is 13.2 Å². The van der Waals surface area contributed by atoms with Gasteiger partial charge in [-0.3, -0.25) is 14.4 Å². The van der Waals surface area contributed by atoms with Crippen molar-refractivity contribution in [3.05, 3.63) is 0 Å². The Morgan fingerprint density at radius 3 is 1.00 bits per heavy atom. The molecule has 0 fully saturated rings. The van der Waals surface area contributed by atoms with E-state index in [0.717, 1.165) is 75.5 Å². The lowest BCUT2D eigenvalue weighted by Crippen LogP contribution is -2.30. The van der Waals surface area contributed by atoms with E-state index in [0.29, 0.717) is 19.3 Å². The fraction of sp³-hybridized carbons (Fsp3) is 0.935. The van der Waals surface area contributed by atoms with Crippen LogP contribution in [0.15, 0.2) is 0 Å². The second kappa shape index (κ2) is 37.7. The third kappa shape index (κ3) is 38.1. The van der Waals surface area contributed by atoms with Crippen LogP contribution >= 0.6 is 0 Å². The van der Waals surface area contributed by atoms with Gasteiger partial charge < -0.3 is 14.2 Å². The summed E-state index contributed by atoms with van der Waals surface area (Å²) in [6, 6.07) is 0. The van der Waals surface area contributed by atoms with Gasteiger partial charge in [-0.2, -0.15) is 0 Å². The zero-order valence-electron chi connectivity index (χ0n) is 35.6. The van der Waals surface area contributed by atoms with Crippen molar-refractivity contribution in [3.63, 3.8) is 0 Å². The van der Waals surface area contributed by atoms with Crippen LogP contribution in [0.3, 0.4) is 0 Å². The molecule has 0 aliphatic carbocycles. The highest BCUT2D eigenvalue weighted by Crippen LogP contribution is 2.17. The van der Waals surface area contributed by atoms with E-state index < -0.39 is 6.10 Å². The van der Waals surface area contributed by atoms with E-state index in [4.69, 9.17) is 14.2 Å². The van der Waals surface area contributed by atoms with Crippen LogP contribution in [0.5, 0.6) is 0 Å². The lowest BCUT2D eigenvalue weighted by Gasteiger charge is -2.18.